The van der Waals surface area contributed by atoms with Crippen molar-refractivity contribution < 1.29 is 8.42 Å². The molecule has 0 spiro atoms. The molecule has 0 aliphatic rings. The maximum atomic E-state index is 12.2. The Morgan fingerprint density at radius 2 is 1.90 bits per heavy atom. The van der Waals surface area contributed by atoms with Gasteiger partial charge >= 0.3 is 0 Å². The molecule has 114 valence electrons. The molecule has 1 aromatic heterocycles. The summed E-state index contributed by atoms with van der Waals surface area (Å²) < 4.78 is 28.7. The number of nitrogens with one attached hydrogen (secondary N) is 1. The highest BCUT2D eigenvalue weighted by Gasteiger charge is 2.14. The number of hydrogen-bond acceptors (Lipinski definition) is 3. The molecule has 0 aliphatic carbocycles. The Kier molecular flexibility index (Phi) is 5.14. The molecule has 0 radical (unpaired) electrons. The molecule has 0 bridgehead atoms. The second kappa shape index (κ2) is 6.87. The van der Waals surface area contributed by atoms with E-state index < -0.39 is 10.0 Å². The molecule has 1 N–H and O–H groups in total. The third-order valence-electron chi connectivity index (χ3n) is 3.42. The summed E-state index contributed by atoms with van der Waals surface area (Å²) in [7, 11) is -1.70. The highest BCUT2D eigenvalue weighted by Crippen LogP contribution is 2.13. The molecule has 0 amide bonds. The Labute approximate surface area is 126 Å². The van der Waals surface area contributed by atoms with E-state index in [-0.39, 0.29) is 6.54 Å². The van der Waals surface area contributed by atoms with Crippen LogP contribution in [0.4, 0.5) is 0 Å². The second-order valence-electron chi connectivity index (χ2n) is 5.02. The zero-order valence-electron chi connectivity index (χ0n) is 12.4. The Balaban J connectivity index is 2.03. The predicted octanol–water partition coefficient (Wildman–Crippen LogP) is 2.24. The fourth-order valence-corrected chi connectivity index (χ4v) is 3.04. The van der Waals surface area contributed by atoms with Crippen LogP contribution in [-0.2, 0) is 30.0 Å². The predicted molar refractivity (Wildman–Crippen MR) is 82.3 cm³/mol. The summed E-state index contributed by atoms with van der Waals surface area (Å²) in [5.41, 5.74) is 1.99. The van der Waals surface area contributed by atoms with Gasteiger partial charge in [0.05, 0.1) is 17.1 Å². The molecule has 2 aromatic rings. The van der Waals surface area contributed by atoms with E-state index in [0.29, 0.717) is 4.90 Å². The maximum absolute atomic E-state index is 12.2. The SMILES string of the molecule is CCCCc1ccc(S(=O)(=O)NCc2ccnn2C)cc1. The van der Waals surface area contributed by atoms with Gasteiger partial charge in [-0.1, -0.05) is 25.5 Å². The number of benzene rings is 1. The van der Waals surface area contributed by atoms with Gasteiger partial charge in [0.2, 0.25) is 10.0 Å². The van der Waals surface area contributed by atoms with Crippen molar-refractivity contribution in [3.8, 4) is 0 Å². The van der Waals surface area contributed by atoms with Crippen molar-refractivity contribution in [1.82, 2.24) is 14.5 Å². The van der Waals surface area contributed by atoms with Gasteiger partial charge in [0.25, 0.3) is 0 Å². The van der Waals surface area contributed by atoms with E-state index in [9.17, 15) is 8.42 Å². The minimum absolute atomic E-state index is 0.233. The van der Waals surface area contributed by atoms with Crippen molar-refractivity contribution in [2.75, 3.05) is 0 Å². The average Bonchev–Trinajstić information content (AvgIpc) is 2.89. The highest BCUT2D eigenvalue weighted by molar-refractivity contribution is 7.89. The molecule has 0 saturated carbocycles. The van der Waals surface area contributed by atoms with E-state index in [2.05, 4.69) is 16.7 Å². The highest BCUT2D eigenvalue weighted by atomic mass is 32.2. The molecule has 5 nitrogen and oxygen atoms in total. The van der Waals surface area contributed by atoms with Crippen LogP contribution in [0, 0.1) is 0 Å². The van der Waals surface area contributed by atoms with Crippen molar-refractivity contribution in [2.45, 2.75) is 37.6 Å². The number of sulfonamides is 1. The van der Waals surface area contributed by atoms with Crippen LogP contribution in [0.1, 0.15) is 31.0 Å². The lowest BCUT2D eigenvalue weighted by atomic mass is 10.1. The number of rotatable bonds is 7. The summed E-state index contributed by atoms with van der Waals surface area (Å²) in [6, 6.07) is 8.88. The lowest BCUT2D eigenvalue weighted by Crippen LogP contribution is -2.24. The molecule has 0 atom stereocenters. The van der Waals surface area contributed by atoms with Gasteiger partial charge in [0.1, 0.15) is 0 Å². The molecule has 1 heterocycles. The molecule has 2 rings (SSSR count). The van der Waals surface area contributed by atoms with E-state index in [4.69, 9.17) is 0 Å². The molecular formula is C15H21N3O2S. The summed E-state index contributed by atoms with van der Waals surface area (Å²) in [5, 5.41) is 4.01. The van der Waals surface area contributed by atoms with Crippen molar-refractivity contribution in [3.05, 3.63) is 47.8 Å². The monoisotopic (exact) mass is 307 g/mol. The molecule has 0 saturated heterocycles. The third kappa shape index (κ3) is 4.15. The summed E-state index contributed by atoms with van der Waals surface area (Å²) >= 11 is 0. The van der Waals surface area contributed by atoms with Gasteiger partial charge in [-0.3, -0.25) is 4.68 Å². The minimum atomic E-state index is -3.48. The van der Waals surface area contributed by atoms with Crippen LogP contribution in [0.25, 0.3) is 0 Å². The number of unbranched alkanes of at least 4 members (excludes halogenated alkanes) is 1. The van der Waals surface area contributed by atoms with Crippen LogP contribution in [0.15, 0.2) is 41.4 Å². The first-order chi connectivity index (χ1) is 10.0. The summed E-state index contributed by atoms with van der Waals surface area (Å²) in [6.07, 6.45) is 4.88. The van der Waals surface area contributed by atoms with Crippen molar-refractivity contribution in [3.63, 3.8) is 0 Å². The van der Waals surface area contributed by atoms with Crippen LogP contribution in [-0.4, -0.2) is 18.2 Å². The summed E-state index contributed by atoms with van der Waals surface area (Å²) in [6.45, 7) is 2.37. The zero-order valence-corrected chi connectivity index (χ0v) is 13.2. The molecule has 21 heavy (non-hydrogen) atoms. The lowest BCUT2D eigenvalue weighted by molar-refractivity contribution is 0.577. The first-order valence-corrected chi connectivity index (χ1v) is 8.56. The van der Waals surface area contributed by atoms with Crippen molar-refractivity contribution >= 4 is 10.0 Å². The van der Waals surface area contributed by atoms with Crippen LogP contribution < -0.4 is 4.72 Å². The quantitative estimate of drug-likeness (QED) is 0.853. The second-order valence-corrected chi connectivity index (χ2v) is 6.79. The van der Waals surface area contributed by atoms with Crippen LogP contribution in [0.5, 0.6) is 0 Å². The summed E-state index contributed by atoms with van der Waals surface area (Å²) in [5.74, 6) is 0. The van der Waals surface area contributed by atoms with Crippen LogP contribution in [0.2, 0.25) is 0 Å². The standard InChI is InChI=1S/C15H21N3O2S/c1-3-4-5-13-6-8-15(9-7-13)21(19,20)17-12-14-10-11-16-18(14)2/h6-11,17H,3-5,12H2,1-2H3. The lowest BCUT2D eigenvalue weighted by Gasteiger charge is -2.08. The molecule has 0 unspecified atom stereocenters. The maximum Gasteiger partial charge on any atom is 0.240 e. The van der Waals surface area contributed by atoms with Gasteiger partial charge < -0.3 is 0 Å². The van der Waals surface area contributed by atoms with Crippen molar-refractivity contribution in [1.29, 1.82) is 0 Å². The molecule has 0 fully saturated rings. The Bertz CT molecular complexity index is 675. The summed E-state index contributed by atoms with van der Waals surface area (Å²) in [4.78, 5) is 0.296. The Morgan fingerprint density at radius 1 is 1.19 bits per heavy atom. The smallest absolute Gasteiger partial charge is 0.240 e. The van der Waals surface area contributed by atoms with Gasteiger partial charge in [0, 0.05) is 13.2 Å². The average molecular weight is 307 g/mol. The fourth-order valence-electron chi connectivity index (χ4n) is 2.04. The van der Waals surface area contributed by atoms with Crippen LogP contribution >= 0.6 is 0 Å². The number of aryl methyl sites for hydroxylation is 2. The topological polar surface area (TPSA) is 64.0 Å². The van der Waals surface area contributed by atoms with Gasteiger partial charge in [-0.25, -0.2) is 13.1 Å². The number of aromatic nitrogens is 2. The zero-order chi connectivity index (χ0) is 15.3. The van der Waals surface area contributed by atoms with Gasteiger partial charge in [0.15, 0.2) is 0 Å². The third-order valence-corrected chi connectivity index (χ3v) is 4.84. The number of nitrogens with zero attached hydrogens (tertiary/aromatic N) is 2. The number of hydrogen-bond donors (Lipinski definition) is 1. The molecule has 0 aliphatic heterocycles. The van der Waals surface area contributed by atoms with E-state index in [1.54, 1.807) is 36.1 Å². The molecular weight excluding hydrogens is 286 g/mol. The molecule has 6 heteroatoms. The minimum Gasteiger partial charge on any atom is -0.271 e. The van der Waals surface area contributed by atoms with Gasteiger partial charge in [-0.2, -0.15) is 5.10 Å². The normalized spacial score (nSPS) is 11.7. The van der Waals surface area contributed by atoms with E-state index in [1.807, 2.05) is 12.1 Å². The van der Waals surface area contributed by atoms with Crippen molar-refractivity contribution in [2.24, 2.45) is 7.05 Å². The largest absolute Gasteiger partial charge is 0.271 e. The van der Waals surface area contributed by atoms with E-state index in [1.165, 1.54) is 5.56 Å². The first kappa shape index (κ1) is 15.7. The van der Waals surface area contributed by atoms with E-state index >= 15 is 0 Å². The van der Waals surface area contributed by atoms with E-state index in [0.717, 1.165) is 25.0 Å². The first-order valence-electron chi connectivity index (χ1n) is 7.08. The van der Waals surface area contributed by atoms with Gasteiger partial charge in [-0.15, -0.1) is 0 Å². The Hall–Kier alpha value is -1.66. The Morgan fingerprint density at radius 3 is 2.48 bits per heavy atom. The van der Waals surface area contributed by atoms with Gasteiger partial charge in [-0.05, 0) is 36.6 Å². The molecule has 1 aromatic carbocycles. The van der Waals surface area contributed by atoms with Crippen LogP contribution in [0.3, 0.4) is 0 Å². The fraction of sp³-hybridized carbons (Fsp3) is 0.400.